The van der Waals surface area contributed by atoms with Gasteiger partial charge in [0.05, 0.1) is 11.8 Å². The number of nitrogens with zero attached hydrogens (tertiary/aromatic N) is 1. The van der Waals surface area contributed by atoms with E-state index in [0.717, 1.165) is 27.4 Å². The normalized spacial score (nSPS) is 11.2. The van der Waals surface area contributed by atoms with E-state index in [2.05, 4.69) is 19.9 Å². The molecular formula is C28H20N4O3. The first kappa shape index (κ1) is 20.7. The van der Waals surface area contributed by atoms with Crippen molar-refractivity contribution in [3.05, 3.63) is 120 Å². The van der Waals surface area contributed by atoms with Crippen molar-refractivity contribution in [1.29, 1.82) is 0 Å². The number of aromatic amines is 3. The maximum absolute atomic E-state index is 13.2. The fourth-order valence-corrected chi connectivity index (χ4v) is 4.21. The lowest BCUT2D eigenvalue weighted by molar-refractivity contribution is 0.103. The van der Waals surface area contributed by atoms with Crippen molar-refractivity contribution in [3.63, 3.8) is 0 Å². The zero-order valence-corrected chi connectivity index (χ0v) is 18.5. The SMILES string of the molecule is O=C(c1cnc(C(=O)c2c[nH]c3cc(OCc4ccccc4)ccc23)[nH]1)c1c[nH]c2ccccc12. The number of aromatic nitrogens is 4. The molecule has 3 aromatic carbocycles. The Bertz CT molecular complexity index is 1690. The number of hydrogen-bond acceptors (Lipinski definition) is 4. The average molecular weight is 460 g/mol. The number of benzene rings is 3. The molecule has 6 rings (SSSR count). The quantitative estimate of drug-likeness (QED) is 0.277. The number of fused-ring (bicyclic) bond motifs is 2. The number of nitrogens with one attached hydrogen (secondary N) is 3. The first-order chi connectivity index (χ1) is 17.2. The van der Waals surface area contributed by atoms with Crippen molar-refractivity contribution in [2.75, 3.05) is 0 Å². The number of ketones is 2. The van der Waals surface area contributed by atoms with Gasteiger partial charge in [0.1, 0.15) is 18.1 Å². The number of para-hydroxylation sites is 1. The lowest BCUT2D eigenvalue weighted by Gasteiger charge is -2.06. The van der Waals surface area contributed by atoms with E-state index >= 15 is 0 Å². The number of carbonyl (C=O) groups is 2. The van der Waals surface area contributed by atoms with Crippen LogP contribution >= 0.6 is 0 Å². The molecule has 170 valence electrons. The van der Waals surface area contributed by atoms with Crippen LogP contribution in [0, 0.1) is 0 Å². The van der Waals surface area contributed by atoms with Crippen LogP contribution in [0.5, 0.6) is 5.75 Å². The molecule has 35 heavy (non-hydrogen) atoms. The van der Waals surface area contributed by atoms with Gasteiger partial charge in [-0.1, -0.05) is 48.5 Å². The predicted octanol–water partition coefficient (Wildman–Crippen LogP) is 5.41. The molecule has 0 radical (unpaired) electrons. The highest BCUT2D eigenvalue weighted by molar-refractivity contribution is 6.17. The fraction of sp³-hybridized carbons (Fsp3) is 0.0357. The Morgan fingerprint density at radius 2 is 1.49 bits per heavy atom. The van der Waals surface area contributed by atoms with E-state index in [9.17, 15) is 9.59 Å². The summed E-state index contributed by atoms with van der Waals surface area (Å²) in [5.41, 5.74) is 3.98. The summed E-state index contributed by atoms with van der Waals surface area (Å²) in [6, 6.07) is 23.0. The molecule has 3 heterocycles. The molecule has 6 aromatic rings. The number of imidazole rings is 1. The van der Waals surface area contributed by atoms with Crippen LogP contribution in [0.15, 0.2) is 91.4 Å². The molecular weight excluding hydrogens is 440 g/mol. The van der Waals surface area contributed by atoms with E-state index in [1.165, 1.54) is 6.20 Å². The summed E-state index contributed by atoms with van der Waals surface area (Å²) in [4.78, 5) is 39.6. The van der Waals surface area contributed by atoms with Crippen molar-refractivity contribution in [3.8, 4) is 5.75 Å². The van der Waals surface area contributed by atoms with Gasteiger partial charge in [-0.2, -0.15) is 0 Å². The van der Waals surface area contributed by atoms with Crippen LogP contribution in [0.25, 0.3) is 21.8 Å². The van der Waals surface area contributed by atoms with Gasteiger partial charge in [0.2, 0.25) is 11.6 Å². The van der Waals surface area contributed by atoms with E-state index in [0.29, 0.717) is 23.5 Å². The Morgan fingerprint density at radius 3 is 2.34 bits per heavy atom. The van der Waals surface area contributed by atoms with Gasteiger partial charge in [-0.05, 0) is 23.8 Å². The van der Waals surface area contributed by atoms with Crippen molar-refractivity contribution in [2.45, 2.75) is 6.61 Å². The third-order valence-electron chi connectivity index (χ3n) is 6.02. The highest BCUT2D eigenvalue weighted by atomic mass is 16.5. The molecule has 7 heteroatoms. The van der Waals surface area contributed by atoms with Gasteiger partial charge in [-0.15, -0.1) is 0 Å². The summed E-state index contributed by atoms with van der Waals surface area (Å²) in [5.74, 6) is 0.283. The summed E-state index contributed by atoms with van der Waals surface area (Å²) in [6.45, 7) is 0.457. The van der Waals surface area contributed by atoms with Gasteiger partial charge >= 0.3 is 0 Å². The lowest BCUT2D eigenvalue weighted by atomic mass is 10.1. The van der Waals surface area contributed by atoms with Crippen molar-refractivity contribution in [2.24, 2.45) is 0 Å². The number of rotatable bonds is 7. The zero-order valence-electron chi connectivity index (χ0n) is 18.5. The Hall–Kier alpha value is -4.91. The molecule has 0 saturated heterocycles. The van der Waals surface area contributed by atoms with Crippen molar-refractivity contribution < 1.29 is 14.3 Å². The second-order valence-corrected chi connectivity index (χ2v) is 8.24. The predicted molar refractivity (Wildman–Crippen MR) is 133 cm³/mol. The van der Waals surface area contributed by atoms with Crippen molar-refractivity contribution >= 4 is 33.4 Å². The number of hydrogen-bond donors (Lipinski definition) is 3. The maximum atomic E-state index is 13.2. The molecule has 0 fully saturated rings. The molecule has 0 unspecified atom stereocenters. The number of ether oxygens (including phenoxy) is 1. The molecule has 0 saturated carbocycles. The van der Waals surface area contributed by atoms with E-state index < -0.39 is 0 Å². The van der Waals surface area contributed by atoms with E-state index in [-0.39, 0.29) is 23.1 Å². The monoisotopic (exact) mass is 460 g/mol. The summed E-state index contributed by atoms with van der Waals surface area (Å²) in [5, 5.41) is 1.57. The minimum Gasteiger partial charge on any atom is -0.489 e. The zero-order chi connectivity index (χ0) is 23.8. The summed E-state index contributed by atoms with van der Waals surface area (Å²) < 4.78 is 5.89. The molecule has 0 bridgehead atoms. The van der Waals surface area contributed by atoms with E-state index in [1.54, 1.807) is 12.4 Å². The molecule has 0 aliphatic heterocycles. The molecule has 7 nitrogen and oxygen atoms in total. The molecule has 0 atom stereocenters. The molecule has 3 aromatic heterocycles. The molecule has 0 aliphatic carbocycles. The highest BCUT2D eigenvalue weighted by Gasteiger charge is 2.21. The molecule has 0 aliphatic rings. The molecule has 0 amide bonds. The fourth-order valence-electron chi connectivity index (χ4n) is 4.21. The Morgan fingerprint density at radius 1 is 0.771 bits per heavy atom. The second-order valence-electron chi connectivity index (χ2n) is 8.24. The highest BCUT2D eigenvalue weighted by Crippen LogP contribution is 2.26. The third kappa shape index (κ3) is 3.79. The van der Waals surface area contributed by atoms with Crippen LogP contribution in [0.3, 0.4) is 0 Å². The van der Waals surface area contributed by atoms with Gasteiger partial charge < -0.3 is 19.7 Å². The smallest absolute Gasteiger partial charge is 0.230 e. The largest absolute Gasteiger partial charge is 0.489 e. The Balaban J connectivity index is 1.23. The summed E-state index contributed by atoms with van der Waals surface area (Å²) >= 11 is 0. The molecule has 3 N–H and O–H groups in total. The van der Waals surface area contributed by atoms with Gasteiger partial charge in [-0.3, -0.25) is 9.59 Å². The standard InChI is InChI=1S/C28H20N4O3/c33-26(21-13-29-23-9-5-4-8-19(21)23)25-15-31-28(32-25)27(34)22-14-30-24-12-18(10-11-20(22)24)35-16-17-6-2-1-3-7-17/h1-15,29-30H,16H2,(H,31,32). The third-order valence-corrected chi connectivity index (χ3v) is 6.02. The Labute approximate surface area is 199 Å². The number of H-pyrrole nitrogens is 3. The maximum Gasteiger partial charge on any atom is 0.230 e. The van der Waals surface area contributed by atoms with Gasteiger partial charge in [0, 0.05) is 45.8 Å². The van der Waals surface area contributed by atoms with Crippen LogP contribution < -0.4 is 4.74 Å². The first-order valence-electron chi connectivity index (χ1n) is 11.2. The Kier molecular flexibility index (Phi) is 5.00. The van der Waals surface area contributed by atoms with E-state index in [1.807, 2.05) is 72.8 Å². The molecule has 0 spiro atoms. The lowest BCUT2D eigenvalue weighted by Crippen LogP contribution is -2.05. The number of carbonyl (C=O) groups excluding carboxylic acids is 2. The summed E-state index contributed by atoms with van der Waals surface area (Å²) in [7, 11) is 0. The topological polar surface area (TPSA) is 104 Å². The van der Waals surface area contributed by atoms with Gasteiger partial charge in [-0.25, -0.2) is 4.98 Å². The van der Waals surface area contributed by atoms with Gasteiger partial charge in [0.25, 0.3) is 0 Å². The minimum atomic E-state index is -0.299. The van der Waals surface area contributed by atoms with Crippen LogP contribution in [0.2, 0.25) is 0 Å². The van der Waals surface area contributed by atoms with Crippen LogP contribution in [0.4, 0.5) is 0 Å². The van der Waals surface area contributed by atoms with Crippen LogP contribution in [-0.4, -0.2) is 31.5 Å². The second kappa shape index (κ2) is 8.46. The van der Waals surface area contributed by atoms with E-state index in [4.69, 9.17) is 4.74 Å². The average Bonchev–Trinajstić information content (AvgIpc) is 3.65. The summed E-state index contributed by atoms with van der Waals surface area (Å²) in [6.07, 6.45) is 4.73. The van der Waals surface area contributed by atoms with Crippen molar-refractivity contribution in [1.82, 2.24) is 19.9 Å². The van der Waals surface area contributed by atoms with Gasteiger partial charge in [0.15, 0.2) is 5.82 Å². The van der Waals surface area contributed by atoms with Crippen LogP contribution in [0.1, 0.15) is 37.8 Å². The van der Waals surface area contributed by atoms with Crippen LogP contribution in [-0.2, 0) is 6.61 Å². The minimum absolute atomic E-state index is 0.110. The first-order valence-corrected chi connectivity index (χ1v) is 11.2.